The molecule has 9 nitrogen and oxygen atoms in total. The van der Waals surface area contributed by atoms with Crippen LogP contribution >= 0.6 is 0 Å². The predicted molar refractivity (Wildman–Crippen MR) is 148 cm³/mol. The molecule has 0 unspecified atom stereocenters. The monoisotopic (exact) mass is 524 g/mol. The van der Waals surface area contributed by atoms with Crippen LogP contribution in [-0.4, -0.2) is 48.3 Å². The van der Waals surface area contributed by atoms with Gasteiger partial charge < -0.3 is 24.3 Å². The molecule has 0 aliphatic carbocycles. The van der Waals surface area contributed by atoms with Gasteiger partial charge in [0.15, 0.2) is 17.2 Å². The van der Waals surface area contributed by atoms with Gasteiger partial charge in [-0.15, -0.1) is 5.10 Å². The van der Waals surface area contributed by atoms with Crippen molar-refractivity contribution in [2.75, 3.05) is 26.6 Å². The molecule has 0 spiro atoms. The molecule has 0 radical (unpaired) electrons. The van der Waals surface area contributed by atoms with Crippen LogP contribution in [0.4, 0.5) is 5.69 Å². The van der Waals surface area contributed by atoms with Crippen molar-refractivity contribution >= 4 is 11.6 Å². The zero-order valence-electron chi connectivity index (χ0n) is 24.0. The molecule has 1 heterocycles. The molecule has 38 heavy (non-hydrogen) atoms. The molecule has 3 rings (SSSR count). The minimum Gasteiger partial charge on any atom is -0.494 e. The Morgan fingerprint density at radius 1 is 0.974 bits per heavy atom. The van der Waals surface area contributed by atoms with Gasteiger partial charge in [-0.3, -0.25) is 4.79 Å². The topological polar surface area (TPSA) is 96.7 Å². The molecule has 0 saturated carbocycles. The quantitative estimate of drug-likeness (QED) is 0.323. The number of aromatic nitrogens is 3. The van der Waals surface area contributed by atoms with E-state index in [0.717, 1.165) is 24.8 Å². The van der Waals surface area contributed by atoms with Gasteiger partial charge in [0.05, 0.1) is 38.8 Å². The van der Waals surface area contributed by atoms with Crippen molar-refractivity contribution < 1.29 is 23.7 Å². The van der Waals surface area contributed by atoms with Crippen LogP contribution in [-0.2, 0) is 5.41 Å². The third-order valence-corrected chi connectivity index (χ3v) is 6.48. The molecular formula is C29H40N4O5. The molecular weight excluding hydrogens is 484 g/mol. The predicted octanol–water partition coefficient (Wildman–Crippen LogP) is 6.11. The Labute approximate surface area is 225 Å². The second-order valence-corrected chi connectivity index (χ2v) is 10.2. The Kier molecular flexibility index (Phi) is 9.25. The number of nitrogens with one attached hydrogen (secondary N) is 1. The van der Waals surface area contributed by atoms with Gasteiger partial charge in [-0.25, -0.2) is 4.68 Å². The van der Waals surface area contributed by atoms with E-state index in [9.17, 15) is 4.79 Å². The Hall–Kier alpha value is -3.75. The van der Waals surface area contributed by atoms with Crippen molar-refractivity contribution in [2.24, 2.45) is 0 Å². The number of anilines is 1. The highest BCUT2D eigenvalue weighted by Gasteiger charge is 2.24. The largest absolute Gasteiger partial charge is 0.494 e. The average Bonchev–Trinajstić information content (AvgIpc) is 3.28. The van der Waals surface area contributed by atoms with Gasteiger partial charge in [-0.2, -0.15) is 0 Å². The fraction of sp³-hybridized carbons (Fsp3) is 0.483. The highest BCUT2D eigenvalue weighted by atomic mass is 16.5. The average molecular weight is 525 g/mol. The van der Waals surface area contributed by atoms with Gasteiger partial charge in [0.25, 0.3) is 5.91 Å². The van der Waals surface area contributed by atoms with Crippen molar-refractivity contribution in [3.05, 3.63) is 47.3 Å². The van der Waals surface area contributed by atoms with E-state index in [1.165, 1.54) is 0 Å². The standard InChI is InChI=1S/C29H40N4O5/c1-10-12-20(11-2)38-23-14-13-19(29(4,5)6)15-21(23)30-28(34)27-18(3)33(32-31-27)22-16-25(36-8)26(37-9)17-24(22)35-7/h13-17,20H,10-12H2,1-9H3,(H,30,34)/t20-/m0/s1. The maximum absolute atomic E-state index is 13.5. The van der Waals surface area contributed by atoms with E-state index in [0.29, 0.717) is 40.1 Å². The summed E-state index contributed by atoms with van der Waals surface area (Å²) in [5.74, 6) is 1.77. The Bertz CT molecular complexity index is 1260. The van der Waals surface area contributed by atoms with Crippen LogP contribution in [0.15, 0.2) is 30.3 Å². The summed E-state index contributed by atoms with van der Waals surface area (Å²) in [7, 11) is 4.66. The van der Waals surface area contributed by atoms with Gasteiger partial charge >= 0.3 is 0 Å². The van der Waals surface area contributed by atoms with Crippen LogP contribution in [0.3, 0.4) is 0 Å². The van der Waals surface area contributed by atoms with E-state index >= 15 is 0 Å². The minimum absolute atomic E-state index is 0.0660. The Morgan fingerprint density at radius 3 is 2.21 bits per heavy atom. The van der Waals surface area contributed by atoms with Crippen LogP contribution in [0, 0.1) is 6.92 Å². The van der Waals surface area contributed by atoms with Crippen LogP contribution in [0.2, 0.25) is 0 Å². The summed E-state index contributed by atoms with van der Waals surface area (Å²) >= 11 is 0. The lowest BCUT2D eigenvalue weighted by Crippen LogP contribution is -2.20. The first kappa shape index (κ1) is 28.8. The summed E-state index contributed by atoms with van der Waals surface area (Å²) in [4.78, 5) is 13.5. The SMILES string of the molecule is CCC[C@H](CC)Oc1ccc(C(C)(C)C)cc1NC(=O)c1nnn(-c2cc(OC)c(OC)cc2OC)c1C. The van der Waals surface area contributed by atoms with Gasteiger partial charge in [-0.05, 0) is 42.9 Å². The van der Waals surface area contributed by atoms with E-state index in [2.05, 4.69) is 56.3 Å². The summed E-state index contributed by atoms with van der Waals surface area (Å²) < 4.78 is 24.2. The highest BCUT2D eigenvalue weighted by Crippen LogP contribution is 2.37. The van der Waals surface area contributed by atoms with Crippen molar-refractivity contribution in [1.82, 2.24) is 15.0 Å². The number of methoxy groups -OCH3 is 3. The van der Waals surface area contributed by atoms with Gasteiger partial charge in [0.1, 0.15) is 17.2 Å². The fourth-order valence-electron chi connectivity index (χ4n) is 4.17. The first-order valence-electron chi connectivity index (χ1n) is 12.9. The van der Waals surface area contributed by atoms with Crippen molar-refractivity contribution in [2.45, 2.75) is 72.3 Å². The number of nitrogens with zero attached hydrogens (tertiary/aromatic N) is 3. The molecule has 0 bridgehead atoms. The highest BCUT2D eigenvalue weighted by molar-refractivity contribution is 6.04. The van der Waals surface area contributed by atoms with Crippen LogP contribution in [0.1, 0.15) is 75.6 Å². The summed E-state index contributed by atoms with van der Waals surface area (Å²) in [5, 5.41) is 11.5. The number of rotatable bonds is 11. The third kappa shape index (κ3) is 6.20. The molecule has 0 fully saturated rings. The summed E-state index contributed by atoms with van der Waals surface area (Å²) in [6.45, 7) is 12.4. The number of amides is 1. The molecule has 1 aromatic heterocycles. The molecule has 0 aliphatic rings. The number of benzene rings is 2. The number of ether oxygens (including phenoxy) is 4. The van der Waals surface area contributed by atoms with Crippen molar-refractivity contribution in [3.63, 3.8) is 0 Å². The molecule has 2 aromatic carbocycles. The van der Waals surface area contributed by atoms with Crippen molar-refractivity contribution in [3.8, 4) is 28.7 Å². The second-order valence-electron chi connectivity index (χ2n) is 10.2. The van der Waals surface area contributed by atoms with Crippen LogP contribution < -0.4 is 24.3 Å². The lowest BCUT2D eigenvalue weighted by atomic mass is 9.87. The van der Waals surface area contributed by atoms with Crippen molar-refractivity contribution in [1.29, 1.82) is 0 Å². The number of hydrogen-bond donors (Lipinski definition) is 1. The minimum atomic E-state index is -0.382. The van der Waals surface area contributed by atoms with Crippen LogP contribution in [0.25, 0.3) is 5.69 Å². The molecule has 9 heteroatoms. The fourth-order valence-corrected chi connectivity index (χ4v) is 4.17. The van der Waals surface area contributed by atoms with Gasteiger partial charge in [0.2, 0.25) is 0 Å². The summed E-state index contributed by atoms with van der Waals surface area (Å²) in [6.07, 6.45) is 2.90. The maximum Gasteiger partial charge on any atom is 0.278 e. The Balaban J connectivity index is 2.00. The summed E-state index contributed by atoms with van der Waals surface area (Å²) in [5.41, 5.74) is 2.88. The maximum atomic E-state index is 13.5. The van der Waals surface area contributed by atoms with E-state index < -0.39 is 0 Å². The second kappa shape index (κ2) is 12.2. The molecule has 3 aromatic rings. The van der Waals surface area contributed by atoms with Gasteiger partial charge in [-0.1, -0.05) is 52.3 Å². The third-order valence-electron chi connectivity index (χ3n) is 6.48. The van der Waals surface area contributed by atoms with E-state index in [4.69, 9.17) is 18.9 Å². The normalized spacial score (nSPS) is 12.1. The first-order valence-corrected chi connectivity index (χ1v) is 12.9. The first-order chi connectivity index (χ1) is 18.1. The van der Waals surface area contributed by atoms with Crippen LogP contribution in [0.5, 0.6) is 23.0 Å². The molecule has 206 valence electrons. The molecule has 1 N–H and O–H groups in total. The molecule has 1 atom stereocenters. The number of hydrogen-bond acceptors (Lipinski definition) is 7. The lowest BCUT2D eigenvalue weighted by molar-refractivity contribution is 0.102. The molecule has 0 aliphatic heterocycles. The van der Waals surface area contributed by atoms with E-state index in [1.54, 1.807) is 45.1 Å². The zero-order chi connectivity index (χ0) is 28.0. The number of carbonyl (C=O) groups excluding carboxylic acids is 1. The molecule has 1 amide bonds. The van der Waals surface area contributed by atoms with E-state index in [1.807, 2.05) is 12.1 Å². The Morgan fingerprint density at radius 2 is 1.63 bits per heavy atom. The summed E-state index contributed by atoms with van der Waals surface area (Å²) in [6, 6.07) is 9.40. The zero-order valence-corrected chi connectivity index (χ0v) is 24.0. The lowest BCUT2D eigenvalue weighted by Gasteiger charge is -2.24. The van der Waals surface area contributed by atoms with E-state index in [-0.39, 0.29) is 23.1 Å². The smallest absolute Gasteiger partial charge is 0.278 e. The molecule has 0 saturated heterocycles. The number of carbonyl (C=O) groups is 1. The van der Waals surface area contributed by atoms with Gasteiger partial charge in [0, 0.05) is 12.1 Å².